The van der Waals surface area contributed by atoms with Gasteiger partial charge in [0.2, 0.25) is 5.91 Å². The van der Waals surface area contributed by atoms with Crippen LogP contribution in [0.1, 0.15) is 26.1 Å². The van der Waals surface area contributed by atoms with Crippen LogP contribution in [0.2, 0.25) is 0 Å². The molecule has 2 rings (SSSR count). The molecule has 2 aromatic rings. The summed E-state index contributed by atoms with van der Waals surface area (Å²) in [5, 5.41) is 16.3. The summed E-state index contributed by atoms with van der Waals surface area (Å²) in [4.78, 5) is 11.0. The molecular formula is C13H16F2N6O. The summed E-state index contributed by atoms with van der Waals surface area (Å²) in [6.07, 6.45) is 0.857. The van der Waals surface area contributed by atoms with Crippen LogP contribution >= 0.6 is 0 Å². The third-order valence-corrected chi connectivity index (χ3v) is 2.85. The molecule has 0 aliphatic carbocycles. The lowest BCUT2D eigenvalue weighted by atomic mass is 10.2. The largest absolute Gasteiger partial charge is 0.375 e. The molecule has 1 amide bonds. The molecule has 118 valence electrons. The van der Waals surface area contributed by atoms with E-state index >= 15 is 0 Å². The Bertz CT molecular complexity index is 673. The number of amides is 1. The molecule has 2 N–H and O–H groups in total. The van der Waals surface area contributed by atoms with Crippen molar-refractivity contribution in [1.82, 2.24) is 20.2 Å². The fraction of sp³-hybridized carbons (Fsp3) is 0.385. The Hall–Kier alpha value is -2.58. The van der Waals surface area contributed by atoms with Gasteiger partial charge in [-0.3, -0.25) is 4.79 Å². The van der Waals surface area contributed by atoms with Crippen LogP contribution in [-0.4, -0.2) is 26.1 Å². The van der Waals surface area contributed by atoms with Crippen molar-refractivity contribution < 1.29 is 13.6 Å². The highest BCUT2D eigenvalue weighted by Gasteiger charge is 2.12. The molecule has 0 fully saturated rings. The number of hydrogen-bond donors (Lipinski definition) is 2. The molecular weight excluding hydrogens is 294 g/mol. The molecule has 0 unspecified atom stereocenters. The molecule has 0 radical (unpaired) electrons. The predicted molar refractivity (Wildman–Crippen MR) is 76.1 cm³/mol. The Morgan fingerprint density at radius 3 is 2.68 bits per heavy atom. The van der Waals surface area contributed by atoms with E-state index in [1.54, 1.807) is 4.68 Å². The van der Waals surface area contributed by atoms with Gasteiger partial charge in [-0.15, -0.1) is 5.10 Å². The second-order valence-corrected chi connectivity index (χ2v) is 4.66. The SMILES string of the molecule is CCCn1nnnc1CNc1cc(NC(C)=O)c(F)cc1F. The Kier molecular flexibility index (Phi) is 4.97. The van der Waals surface area contributed by atoms with Crippen LogP contribution in [0, 0.1) is 11.6 Å². The van der Waals surface area contributed by atoms with Gasteiger partial charge in [-0.25, -0.2) is 13.5 Å². The maximum absolute atomic E-state index is 13.8. The van der Waals surface area contributed by atoms with E-state index in [1.807, 2.05) is 6.92 Å². The van der Waals surface area contributed by atoms with Crippen molar-refractivity contribution in [3.05, 3.63) is 29.6 Å². The van der Waals surface area contributed by atoms with E-state index in [9.17, 15) is 13.6 Å². The van der Waals surface area contributed by atoms with Gasteiger partial charge < -0.3 is 10.6 Å². The Labute approximate surface area is 125 Å². The molecule has 1 heterocycles. The second kappa shape index (κ2) is 6.92. The quantitative estimate of drug-likeness (QED) is 0.851. The van der Waals surface area contributed by atoms with Crippen molar-refractivity contribution in [2.45, 2.75) is 33.4 Å². The van der Waals surface area contributed by atoms with Gasteiger partial charge in [-0.2, -0.15) is 0 Å². The van der Waals surface area contributed by atoms with Gasteiger partial charge in [-0.1, -0.05) is 6.92 Å². The van der Waals surface area contributed by atoms with Crippen LogP contribution in [-0.2, 0) is 17.9 Å². The summed E-state index contributed by atoms with van der Waals surface area (Å²) in [5.74, 6) is -1.51. The average Bonchev–Trinajstić information content (AvgIpc) is 2.88. The molecule has 0 bridgehead atoms. The van der Waals surface area contributed by atoms with Gasteiger partial charge in [0.05, 0.1) is 17.9 Å². The molecule has 0 aliphatic heterocycles. The van der Waals surface area contributed by atoms with Crippen molar-refractivity contribution in [2.75, 3.05) is 10.6 Å². The van der Waals surface area contributed by atoms with Gasteiger partial charge in [0, 0.05) is 19.5 Å². The fourth-order valence-electron chi connectivity index (χ4n) is 1.88. The van der Waals surface area contributed by atoms with E-state index < -0.39 is 17.5 Å². The summed E-state index contributed by atoms with van der Waals surface area (Å²) in [5.41, 5.74) is -0.0410. The van der Waals surface area contributed by atoms with Gasteiger partial charge >= 0.3 is 0 Å². The summed E-state index contributed by atoms with van der Waals surface area (Å²) in [6, 6.07) is 1.91. The molecule has 0 aliphatic rings. The zero-order valence-corrected chi connectivity index (χ0v) is 12.2. The van der Waals surface area contributed by atoms with Gasteiger partial charge in [0.1, 0.15) is 11.6 Å². The van der Waals surface area contributed by atoms with E-state index in [1.165, 1.54) is 13.0 Å². The van der Waals surface area contributed by atoms with Crippen molar-refractivity contribution >= 4 is 17.3 Å². The lowest BCUT2D eigenvalue weighted by molar-refractivity contribution is -0.114. The van der Waals surface area contributed by atoms with Crippen LogP contribution in [0.5, 0.6) is 0 Å². The summed E-state index contributed by atoms with van der Waals surface area (Å²) in [7, 11) is 0. The summed E-state index contributed by atoms with van der Waals surface area (Å²) in [6.45, 7) is 4.05. The van der Waals surface area contributed by atoms with Crippen LogP contribution in [0.4, 0.5) is 20.2 Å². The first-order chi connectivity index (χ1) is 10.5. The number of benzene rings is 1. The number of aromatic nitrogens is 4. The van der Waals surface area contributed by atoms with Crippen LogP contribution < -0.4 is 10.6 Å². The normalized spacial score (nSPS) is 10.5. The highest BCUT2D eigenvalue weighted by atomic mass is 19.1. The van der Waals surface area contributed by atoms with Crippen LogP contribution in [0.25, 0.3) is 0 Å². The average molecular weight is 310 g/mol. The first kappa shape index (κ1) is 15.8. The predicted octanol–water partition coefficient (Wildman–Crippen LogP) is 1.93. The Morgan fingerprint density at radius 1 is 1.27 bits per heavy atom. The number of carbonyl (C=O) groups excluding carboxylic acids is 1. The number of tetrazole rings is 1. The lowest BCUT2D eigenvalue weighted by Crippen LogP contribution is -2.12. The van der Waals surface area contributed by atoms with E-state index in [2.05, 4.69) is 26.2 Å². The highest BCUT2D eigenvalue weighted by Crippen LogP contribution is 2.23. The highest BCUT2D eigenvalue weighted by molar-refractivity contribution is 5.89. The minimum Gasteiger partial charge on any atom is -0.375 e. The van der Waals surface area contributed by atoms with Crippen LogP contribution in [0.3, 0.4) is 0 Å². The number of halogens is 2. The zero-order valence-electron chi connectivity index (χ0n) is 12.2. The molecule has 1 aromatic carbocycles. The summed E-state index contributed by atoms with van der Waals surface area (Å²) >= 11 is 0. The number of carbonyl (C=O) groups is 1. The fourth-order valence-corrected chi connectivity index (χ4v) is 1.88. The first-order valence-electron chi connectivity index (χ1n) is 6.76. The topological polar surface area (TPSA) is 84.7 Å². The maximum atomic E-state index is 13.8. The molecule has 0 spiro atoms. The Morgan fingerprint density at radius 2 is 2.00 bits per heavy atom. The number of aryl methyl sites for hydroxylation is 1. The number of anilines is 2. The number of hydrogen-bond acceptors (Lipinski definition) is 5. The van der Waals surface area contributed by atoms with Crippen molar-refractivity contribution in [3.8, 4) is 0 Å². The lowest BCUT2D eigenvalue weighted by Gasteiger charge is -2.11. The number of rotatable bonds is 6. The van der Waals surface area contributed by atoms with E-state index in [0.717, 1.165) is 6.42 Å². The van der Waals surface area contributed by atoms with Gasteiger partial charge in [-0.05, 0) is 22.9 Å². The van der Waals surface area contributed by atoms with E-state index in [-0.39, 0.29) is 17.9 Å². The molecule has 0 atom stereocenters. The number of nitrogens with zero attached hydrogens (tertiary/aromatic N) is 4. The molecule has 22 heavy (non-hydrogen) atoms. The molecule has 7 nitrogen and oxygen atoms in total. The zero-order chi connectivity index (χ0) is 16.1. The van der Waals surface area contributed by atoms with Crippen LogP contribution in [0.15, 0.2) is 12.1 Å². The standard InChI is InChI=1S/C13H16F2N6O/c1-3-4-21-13(18-19-20-21)7-16-11-6-12(17-8(2)22)10(15)5-9(11)14/h5-6,16H,3-4,7H2,1-2H3,(H,17,22). The molecule has 1 aromatic heterocycles. The smallest absolute Gasteiger partial charge is 0.221 e. The number of nitrogens with one attached hydrogen (secondary N) is 2. The monoisotopic (exact) mass is 310 g/mol. The van der Waals surface area contributed by atoms with Gasteiger partial charge in [0.15, 0.2) is 5.82 Å². The third kappa shape index (κ3) is 3.74. The maximum Gasteiger partial charge on any atom is 0.221 e. The summed E-state index contributed by atoms with van der Waals surface area (Å²) < 4.78 is 28.9. The minimum atomic E-state index is -0.839. The van der Waals surface area contributed by atoms with Crippen molar-refractivity contribution in [2.24, 2.45) is 0 Å². The minimum absolute atomic E-state index is 0.0520. The van der Waals surface area contributed by atoms with Gasteiger partial charge in [0.25, 0.3) is 0 Å². The molecule has 0 saturated heterocycles. The Balaban J connectivity index is 2.15. The van der Waals surface area contributed by atoms with E-state index in [0.29, 0.717) is 18.4 Å². The van der Waals surface area contributed by atoms with Crippen molar-refractivity contribution in [3.63, 3.8) is 0 Å². The molecule has 9 heteroatoms. The second-order valence-electron chi connectivity index (χ2n) is 4.66. The van der Waals surface area contributed by atoms with Crippen molar-refractivity contribution in [1.29, 1.82) is 0 Å². The van der Waals surface area contributed by atoms with E-state index in [4.69, 9.17) is 0 Å². The third-order valence-electron chi connectivity index (χ3n) is 2.85. The molecule has 0 saturated carbocycles. The first-order valence-corrected chi connectivity index (χ1v) is 6.76.